The molecule has 3 rings (SSSR count). The molecule has 1 aromatic carbocycles. The lowest BCUT2D eigenvalue weighted by Crippen LogP contribution is -2.46. The van der Waals surface area contributed by atoms with E-state index in [1.54, 1.807) is 12.1 Å². The van der Waals surface area contributed by atoms with E-state index in [9.17, 15) is 18.0 Å². The third-order valence-corrected chi connectivity index (χ3v) is 5.96. The van der Waals surface area contributed by atoms with Gasteiger partial charge in [0.2, 0.25) is 5.91 Å². The monoisotopic (exact) mass is 464 g/mol. The molecule has 0 bridgehead atoms. The molecular formula is C18H17Cl2F3N4OS. The minimum Gasteiger partial charge on any atom is -0.339 e. The smallest absolute Gasteiger partial charge is 0.339 e. The first kappa shape index (κ1) is 22.2. The Kier molecular flexibility index (Phi) is 7.28. The number of carbonyl (C=O) groups excluding carboxylic acids is 1. The highest BCUT2D eigenvalue weighted by molar-refractivity contribution is 7.99. The molecule has 2 atom stereocenters. The highest BCUT2D eigenvalue weighted by atomic mass is 35.5. The number of hydrogen-bond donors (Lipinski definition) is 3. The number of amides is 1. The van der Waals surface area contributed by atoms with E-state index in [4.69, 9.17) is 23.2 Å². The molecule has 11 heteroatoms. The summed E-state index contributed by atoms with van der Waals surface area (Å²) in [5, 5.41) is 3.72. The number of hydrazine groups is 1. The molecule has 2 aromatic rings. The highest BCUT2D eigenvalue weighted by Crippen LogP contribution is 2.33. The fourth-order valence-electron chi connectivity index (χ4n) is 2.83. The van der Waals surface area contributed by atoms with Gasteiger partial charge < -0.3 is 5.32 Å². The Morgan fingerprint density at radius 2 is 2.00 bits per heavy atom. The van der Waals surface area contributed by atoms with Crippen LogP contribution < -0.4 is 16.2 Å². The van der Waals surface area contributed by atoms with E-state index < -0.39 is 11.7 Å². The number of pyridine rings is 1. The van der Waals surface area contributed by atoms with Crippen LogP contribution in [0.15, 0.2) is 41.6 Å². The van der Waals surface area contributed by atoms with Crippen LogP contribution in [0.25, 0.3) is 0 Å². The summed E-state index contributed by atoms with van der Waals surface area (Å²) in [5.41, 5.74) is 6.18. The molecule has 1 amide bonds. The van der Waals surface area contributed by atoms with Crippen molar-refractivity contribution >= 4 is 40.9 Å². The zero-order chi connectivity index (χ0) is 21.0. The summed E-state index contributed by atoms with van der Waals surface area (Å²) in [6.45, 7) is 0.645. The summed E-state index contributed by atoms with van der Waals surface area (Å²) in [5.74, 6) is 0.172. The Balaban J connectivity index is 1.50. The second kappa shape index (κ2) is 9.53. The number of carbonyl (C=O) groups is 1. The molecule has 1 fully saturated rings. The van der Waals surface area contributed by atoms with E-state index >= 15 is 0 Å². The van der Waals surface area contributed by atoms with Gasteiger partial charge in [0, 0.05) is 35.9 Å². The van der Waals surface area contributed by atoms with Crippen LogP contribution in [0.5, 0.6) is 0 Å². The molecule has 1 saturated heterocycles. The van der Waals surface area contributed by atoms with Crippen molar-refractivity contribution in [2.45, 2.75) is 29.7 Å². The van der Waals surface area contributed by atoms with Gasteiger partial charge in [-0.15, -0.1) is 11.8 Å². The molecule has 3 N–H and O–H groups in total. The Bertz CT molecular complexity index is 867. The summed E-state index contributed by atoms with van der Waals surface area (Å²) in [4.78, 5) is 16.0. The number of benzene rings is 1. The largest absolute Gasteiger partial charge is 0.417 e. The van der Waals surface area contributed by atoms with Gasteiger partial charge in [0.1, 0.15) is 11.2 Å². The Hall–Kier alpha value is -1.52. The molecule has 0 aliphatic carbocycles. The van der Waals surface area contributed by atoms with Crippen LogP contribution in [0, 0.1) is 0 Å². The number of thioether (sulfide) groups is 1. The molecule has 2 heterocycles. The maximum Gasteiger partial charge on any atom is 0.417 e. The third-order valence-electron chi connectivity index (χ3n) is 4.30. The van der Waals surface area contributed by atoms with Crippen LogP contribution in [0.2, 0.25) is 10.0 Å². The van der Waals surface area contributed by atoms with Gasteiger partial charge >= 0.3 is 6.18 Å². The van der Waals surface area contributed by atoms with Gasteiger partial charge in [-0.25, -0.2) is 10.4 Å². The van der Waals surface area contributed by atoms with Crippen molar-refractivity contribution in [1.29, 1.82) is 0 Å². The summed E-state index contributed by atoms with van der Waals surface area (Å²) >= 11 is 12.9. The standard InChI is InChI=1S/C18H17Cl2F3N4OS/c19-12-3-1-10(2-4-12)13-9-25-27-16(13)26-15(28)5-6-29-17-14(20)7-11(8-24-17)18(21,22)23/h1-4,7-8,13,16,25,27H,5-6,9H2,(H,26,28). The van der Waals surface area contributed by atoms with Gasteiger partial charge in [-0.2, -0.15) is 13.2 Å². The first-order valence-corrected chi connectivity index (χ1v) is 10.4. The lowest BCUT2D eigenvalue weighted by atomic mass is 9.97. The van der Waals surface area contributed by atoms with Crippen LogP contribution in [-0.2, 0) is 11.0 Å². The van der Waals surface area contributed by atoms with Gasteiger partial charge in [-0.05, 0) is 23.8 Å². The minimum absolute atomic E-state index is 0.0369. The zero-order valence-corrected chi connectivity index (χ0v) is 17.2. The van der Waals surface area contributed by atoms with Crippen LogP contribution in [0.1, 0.15) is 23.5 Å². The van der Waals surface area contributed by atoms with Gasteiger partial charge in [-0.3, -0.25) is 10.2 Å². The summed E-state index contributed by atoms with van der Waals surface area (Å²) in [6, 6.07) is 8.25. The Morgan fingerprint density at radius 1 is 1.28 bits per heavy atom. The van der Waals surface area contributed by atoms with Crippen molar-refractivity contribution in [2.75, 3.05) is 12.3 Å². The normalized spacial score (nSPS) is 19.3. The van der Waals surface area contributed by atoms with Crippen LogP contribution in [0.3, 0.4) is 0 Å². The van der Waals surface area contributed by atoms with Crippen LogP contribution >= 0.6 is 35.0 Å². The van der Waals surface area contributed by atoms with E-state index in [1.807, 2.05) is 12.1 Å². The van der Waals surface area contributed by atoms with E-state index in [2.05, 4.69) is 21.2 Å². The molecular weight excluding hydrogens is 448 g/mol. The topological polar surface area (TPSA) is 66.0 Å². The number of nitrogens with one attached hydrogen (secondary N) is 3. The molecule has 0 radical (unpaired) electrons. The average Bonchev–Trinajstić information content (AvgIpc) is 3.11. The molecule has 1 aromatic heterocycles. The number of rotatable bonds is 6. The first-order chi connectivity index (χ1) is 13.7. The Morgan fingerprint density at radius 3 is 2.66 bits per heavy atom. The van der Waals surface area contributed by atoms with Gasteiger partial charge in [-0.1, -0.05) is 35.3 Å². The van der Waals surface area contributed by atoms with Crippen LogP contribution in [-0.4, -0.2) is 29.4 Å². The van der Waals surface area contributed by atoms with Crippen LogP contribution in [0.4, 0.5) is 13.2 Å². The maximum absolute atomic E-state index is 12.6. The second-order valence-electron chi connectivity index (χ2n) is 6.34. The highest BCUT2D eigenvalue weighted by Gasteiger charge is 2.32. The average molecular weight is 465 g/mol. The molecule has 1 aliphatic rings. The molecule has 29 heavy (non-hydrogen) atoms. The fraction of sp³-hybridized carbons (Fsp3) is 0.333. The van der Waals surface area contributed by atoms with E-state index in [-0.39, 0.29) is 34.5 Å². The molecule has 0 spiro atoms. The number of hydrogen-bond acceptors (Lipinski definition) is 5. The number of halogens is 5. The molecule has 5 nitrogen and oxygen atoms in total. The second-order valence-corrected chi connectivity index (χ2v) is 8.26. The Labute approximate surface area is 179 Å². The summed E-state index contributed by atoms with van der Waals surface area (Å²) in [7, 11) is 0. The molecule has 1 aliphatic heterocycles. The third kappa shape index (κ3) is 5.99. The molecule has 156 valence electrons. The van der Waals surface area contributed by atoms with Crippen molar-refractivity contribution < 1.29 is 18.0 Å². The van der Waals surface area contributed by atoms with Crippen molar-refractivity contribution in [2.24, 2.45) is 0 Å². The predicted octanol–water partition coefficient (Wildman–Crippen LogP) is 4.22. The number of aromatic nitrogens is 1. The lowest BCUT2D eigenvalue weighted by Gasteiger charge is -2.20. The number of alkyl halides is 3. The SMILES string of the molecule is O=C(CCSc1ncc(C(F)(F)F)cc1Cl)NC1NNCC1c1ccc(Cl)cc1. The lowest BCUT2D eigenvalue weighted by molar-refractivity contribution is -0.137. The van der Waals surface area contributed by atoms with Crippen molar-refractivity contribution in [3.63, 3.8) is 0 Å². The first-order valence-electron chi connectivity index (χ1n) is 8.63. The van der Waals surface area contributed by atoms with Crippen molar-refractivity contribution in [3.05, 3.63) is 57.7 Å². The van der Waals surface area contributed by atoms with Crippen molar-refractivity contribution in [3.8, 4) is 0 Å². The summed E-state index contributed by atoms with van der Waals surface area (Å²) in [6.07, 6.45) is -3.89. The minimum atomic E-state index is -4.50. The molecule has 2 unspecified atom stereocenters. The fourth-order valence-corrected chi connectivity index (χ4v) is 4.09. The quantitative estimate of drug-likeness (QED) is 0.558. The van der Waals surface area contributed by atoms with E-state index in [1.165, 1.54) is 0 Å². The van der Waals surface area contributed by atoms with Gasteiger partial charge in [0.25, 0.3) is 0 Å². The molecule has 0 saturated carbocycles. The maximum atomic E-state index is 12.6. The summed E-state index contributed by atoms with van der Waals surface area (Å²) < 4.78 is 37.9. The van der Waals surface area contributed by atoms with Crippen molar-refractivity contribution in [1.82, 2.24) is 21.2 Å². The van der Waals surface area contributed by atoms with Gasteiger partial charge in [0.05, 0.1) is 10.6 Å². The zero-order valence-electron chi connectivity index (χ0n) is 14.9. The van der Waals surface area contributed by atoms with Gasteiger partial charge in [0.15, 0.2) is 0 Å². The number of nitrogens with zero attached hydrogens (tertiary/aromatic N) is 1. The van der Waals surface area contributed by atoms with E-state index in [0.717, 1.165) is 29.6 Å². The van der Waals surface area contributed by atoms with E-state index in [0.29, 0.717) is 17.3 Å². The predicted molar refractivity (Wildman–Crippen MR) is 107 cm³/mol.